The van der Waals surface area contributed by atoms with Gasteiger partial charge in [0, 0.05) is 14.1 Å². The summed E-state index contributed by atoms with van der Waals surface area (Å²) in [5.41, 5.74) is -2.82. The third-order valence-electron chi connectivity index (χ3n) is 4.61. The lowest BCUT2D eigenvalue weighted by Gasteiger charge is -2.30. The summed E-state index contributed by atoms with van der Waals surface area (Å²) in [6.07, 6.45) is 1.25. The first-order valence-corrected chi connectivity index (χ1v) is 7.69. The van der Waals surface area contributed by atoms with Gasteiger partial charge in [-0.25, -0.2) is 52.6 Å². The van der Waals surface area contributed by atoms with Crippen molar-refractivity contribution in [1.29, 1.82) is 0 Å². The van der Waals surface area contributed by atoms with Crippen molar-refractivity contribution in [3.8, 4) is 5.82 Å². The number of aromatic amines is 2. The first-order valence-electron chi connectivity index (χ1n) is 7.69. The fourth-order valence-corrected chi connectivity index (χ4v) is 3.25. The quantitative estimate of drug-likeness (QED) is 0.438. The van der Waals surface area contributed by atoms with E-state index in [1.165, 1.54) is 20.4 Å². The van der Waals surface area contributed by atoms with E-state index in [-0.39, 0.29) is 11.5 Å². The molecule has 142 valence electrons. The number of methoxy groups -OCH3 is 1. The van der Waals surface area contributed by atoms with Crippen LogP contribution in [-0.2, 0) is 23.6 Å². The van der Waals surface area contributed by atoms with Gasteiger partial charge in [-0.2, -0.15) is 4.68 Å². The van der Waals surface area contributed by atoms with Gasteiger partial charge in [0.25, 0.3) is 0 Å². The number of esters is 1. The zero-order chi connectivity index (χ0) is 19.6. The summed E-state index contributed by atoms with van der Waals surface area (Å²) >= 11 is 0. The van der Waals surface area contributed by atoms with Gasteiger partial charge in [0.05, 0.1) is 19.1 Å². The van der Waals surface area contributed by atoms with Crippen LogP contribution in [0.4, 0.5) is 0 Å². The van der Waals surface area contributed by atoms with Crippen LogP contribution < -0.4 is 22.8 Å². The molecule has 0 saturated heterocycles. The third-order valence-corrected chi connectivity index (χ3v) is 4.61. The lowest BCUT2D eigenvalue weighted by molar-refractivity contribution is -0.146. The largest absolute Gasteiger partial charge is 0.467 e. The Morgan fingerprint density at radius 3 is 2.41 bits per heavy atom. The number of hydrogen-bond acceptors (Lipinski definition) is 7. The number of nitrogens with zero attached hydrogens (tertiary/aromatic N) is 6. The van der Waals surface area contributed by atoms with Crippen molar-refractivity contribution < 1.29 is 9.53 Å². The molecule has 0 radical (unpaired) electrons. The summed E-state index contributed by atoms with van der Waals surface area (Å²) in [5.74, 6) is -0.863. The molecule has 3 aromatic rings. The molecule has 0 amide bonds. The van der Waals surface area contributed by atoms with Gasteiger partial charge in [-0.15, -0.1) is 0 Å². The highest BCUT2D eigenvalue weighted by Crippen LogP contribution is 2.34. The molecule has 2 N–H and O–H groups in total. The molecule has 3 aromatic heterocycles. The number of carbonyl (C=O) groups excluding carboxylic acids is 1. The van der Waals surface area contributed by atoms with Crippen molar-refractivity contribution in [3.63, 3.8) is 0 Å². The van der Waals surface area contributed by atoms with Crippen molar-refractivity contribution in [3.05, 3.63) is 54.0 Å². The Balaban J connectivity index is 2.15. The van der Waals surface area contributed by atoms with Crippen LogP contribution in [0, 0.1) is 0 Å². The number of aromatic nitrogens is 8. The number of fused-ring (bicyclic) bond motifs is 3. The molecule has 1 aliphatic heterocycles. The maximum absolute atomic E-state index is 12.6. The number of imidazole rings is 1. The molecular weight excluding hydrogens is 364 g/mol. The first-order chi connectivity index (χ1) is 12.8. The van der Waals surface area contributed by atoms with E-state index in [2.05, 4.69) is 15.1 Å². The van der Waals surface area contributed by atoms with Crippen molar-refractivity contribution in [2.45, 2.75) is 12.1 Å². The Hall–Kier alpha value is -3.84. The number of H-pyrrole nitrogens is 2. The van der Waals surface area contributed by atoms with Gasteiger partial charge in [0.1, 0.15) is 6.04 Å². The summed E-state index contributed by atoms with van der Waals surface area (Å²) in [6, 6.07) is -2.64. The van der Waals surface area contributed by atoms with Crippen LogP contribution in [0.2, 0.25) is 0 Å². The van der Waals surface area contributed by atoms with Crippen LogP contribution in [-0.4, -0.2) is 51.3 Å². The Bertz CT molecular complexity index is 1310. The van der Waals surface area contributed by atoms with Gasteiger partial charge >= 0.3 is 28.7 Å². The van der Waals surface area contributed by atoms with E-state index in [0.29, 0.717) is 0 Å². The van der Waals surface area contributed by atoms with E-state index < -0.39 is 40.8 Å². The fourth-order valence-electron chi connectivity index (χ4n) is 3.25. The fraction of sp³-hybridized carbons (Fsp3) is 0.385. The van der Waals surface area contributed by atoms with Crippen LogP contribution in [0.15, 0.2) is 25.5 Å². The number of carbonyl (C=O) groups is 1. The van der Waals surface area contributed by atoms with Gasteiger partial charge in [0.2, 0.25) is 0 Å². The number of rotatable bonds is 2. The maximum atomic E-state index is 12.6. The smallest absolute Gasteiger partial charge is 0.353 e. The molecule has 0 fully saturated rings. The minimum atomic E-state index is -1.44. The Morgan fingerprint density at radius 1 is 1.11 bits per heavy atom. The highest BCUT2D eigenvalue weighted by atomic mass is 16.5. The van der Waals surface area contributed by atoms with Crippen LogP contribution in [0.1, 0.15) is 17.8 Å². The van der Waals surface area contributed by atoms with Gasteiger partial charge in [-0.05, 0) is 0 Å². The second-order valence-corrected chi connectivity index (χ2v) is 5.96. The zero-order valence-electron chi connectivity index (χ0n) is 14.4. The predicted molar refractivity (Wildman–Crippen MR) is 86.9 cm³/mol. The lowest BCUT2D eigenvalue weighted by Crippen LogP contribution is -2.46. The summed E-state index contributed by atoms with van der Waals surface area (Å²) < 4.78 is 9.09. The summed E-state index contributed by atoms with van der Waals surface area (Å²) in [4.78, 5) is 68.9. The average molecular weight is 378 g/mol. The summed E-state index contributed by atoms with van der Waals surface area (Å²) in [5, 5.41) is 2.34. The Labute approximate surface area is 147 Å². The average Bonchev–Trinajstić information content (AvgIpc) is 3.29. The van der Waals surface area contributed by atoms with Crippen LogP contribution in [0.3, 0.4) is 0 Å². The lowest BCUT2D eigenvalue weighted by atomic mass is 10.0. The maximum Gasteiger partial charge on any atom is 0.353 e. The Kier molecular flexibility index (Phi) is 3.28. The SMILES string of the molecule is COC(=O)[C@H]1[C@H](n2[nH]c(=O)n(C)c2=O)c2[nH]cnc2-n2c(=O)n(C)c(=O)n21. The van der Waals surface area contributed by atoms with Crippen LogP contribution in [0.25, 0.3) is 5.82 Å². The second kappa shape index (κ2) is 5.33. The molecular formula is C13H14N8O6. The molecule has 27 heavy (non-hydrogen) atoms. The van der Waals surface area contributed by atoms with E-state index in [1.807, 2.05) is 0 Å². The van der Waals surface area contributed by atoms with Gasteiger partial charge in [0.15, 0.2) is 11.9 Å². The van der Waals surface area contributed by atoms with Crippen LogP contribution >= 0.6 is 0 Å². The van der Waals surface area contributed by atoms with E-state index in [9.17, 15) is 24.0 Å². The molecule has 0 aliphatic carbocycles. The molecule has 0 saturated carbocycles. The molecule has 0 bridgehead atoms. The number of hydrogen-bond donors (Lipinski definition) is 2. The van der Waals surface area contributed by atoms with E-state index in [1.54, 1.807) is 0 Å². The standard InChI is InChI=1S/C13H14N8O6/c1-17-10(23)16-19(11(17)24)6-5-8(15-4-14-5)21-13(26)18(2)12(25)20(21)7(6)9(22)27-3/h4,6-7H,1-3H3,(H,14,15)(H,16,23)/t6-,7-/m1/s1. The van der Waals surface area contributed by atoms with Gasteiger partial charge in [-0.3, -0.25) is 0 Å². The van der Waals surface area contributed by atoms with Crippen LogP contribution in [0.5, 0.6) is 0 Å². The summed E-state index contributed by atoms with van der Waals surface area (Å²) in [7, 11) is 3.61. The molecule has 4 heterocycles. The topological polar surface area (TPSA) is 164 Å². The van der Waals surface area contributed by atoms with E-state index >= 15 is 0 Å². The third kappa shape index (κ3) is 1.94. The molecule has 0 unspecified atom stereocenters. The van der Waals surface area contributed by atoms with E-state index in [0.717, 1.165) is 30.3 Å². The molecule has 0 spiro atoms. The minimum absolute atomic E-state index is 0.0273. The number of nitrogens with one attached hydrogen (secondary N) is 2. The Morgan fingerprint density at radius 2 is 1.81 bits per heavy atom. The second-order valence-electron chi connectivity index (χ2n) is 5.96. The molecule has 4 rings (SSSR count). The first kappa shape index (κ1) is 16.6. The molecule has 0 aromatic carbocycles. The van der Waals surface area contributed by atoms with Crippen molar-refractivity contribution in [1.82, 2.24) is 38.2 Å². The molecule has 14 nitrogen and oxygen atoms in total. The van der Waals surface area contributed by atoms with Crippen molar-refractivity contribution >= 4 is 5.97 Å². The van der Waals surface area contributed by atoms with Gasteiger partial charge in [-0.1, -0.05) is 0 Å². The van der Waals surface area contributed by atoms with Crippen molar-refractivity contribution in [2.75, 3.05) is 7.11 Å². The predicted octanol–water partition coefficient (Wildman–Crippen LogP) is -3.43. The van der Waals surface area contributed by atoms with Gasteiger partial charge < -0.3 is 9.72 Å². The van der Waals surface area contributed by atoms with E-state index in [4.69, 9.17) is 4.74 Å². The zero-order valence-corrected chi connectivity index (χ0v) is 14.4. The molecule has 14 heteroatoms. The minimum Gasteiger partial charge on any atom is -0.467 e. The highest BCUT2D eigenvalue weighted by Gasteiger charge is 2.46. The summed E-state index contributed by atoms with van der Waals surface area (Å²) in [6.45, 7) is 0. The molecule has 1 aliphatic rings. The molecule has 2 atom stereocenters. The normalized spacial score (nSPS) is 18.2. The van der Waals surface area contributed by atoms with Crippen molar-refractivity contribution in [2.24, 2.45) is 14.1 Å². The monoisotopic (exact) mass is 378 g/mol. The highest BCUT2D eigenvalue weighted by molar-refractivity contribution is 5.76. The number of ether oxygens (including phenoxy) is 1.